The second kappa shape index (κ2) is 5.99. The molecule has 5 nitrogen and oxygen atoms in total. The van der Waals surface area contributed by atoms with Gasteiger partial charge in [0.15, 0.2) is 0 Å². The maximum atomic E-state index is 12.4. The third-order valence-electron chi connectivity index (χ3n) is 3.16. The molecule has 0 spiro atoms. The molecule has 6 heteroatoms. The van der Waals surface area contributed by atoms with Gasteiger partial charge in [0.2, 0.25) is 0 Å². The Morgan fingerprint density at radius 2 is 2.05 bits per heavy atom. The minimum absolute atomic E-state index is 0.202. The summed E-state index contributed by atoms with van der Waals surface area (Å²) in [6, 6.07) is 12.7. The molecule has 0 aliphatic carbocycles. The molecule has 1 amide bonds. The highest BCUT2D eigenvalue weighted by Crippen LogP contribution is 2.28. The predicted octanol–water partition coefficient (Wildman–Crippen LogP) is 3.48. The fourth-order valence-electron chi connectivity index (χ4n) is 2.15. The molecule has 0 aliphatic rings. The van der Waals surface area contributed by atoms with Crippen LogP contribution in [0.5, 0.6) is 0 Å². The van der Waals surface area contributed by atoms with Crippen molar-refractivity contribution in [2.24, 2.45) is 0 Å². The summed E-state index contributed by atoms with van der Waals surface area (Å²) in [6.07, 6.45) is 2.94. The van der Waals surface area contributed by atoms with Gasteiger partial charge in [0, 0.05) is 5.56 Å². The van der Waals surface area contributed by atoms with Gasteiger partial charge in [0.25, 0.3) is 5.91 Å². The number of benzene rings is 2. The first-order valence-electron chi connectivity index (χ1n) is 6.66. The van der Waals surface area contributed by atoms with Crippen LogP contribution in [0, 0.1) is 6.92 Å². The van der Waals surface area contributed by atoms with Gasteiger partial charge in [-0.25, -0.2) is 9.67 Å². The first-order chi connectivity index (χ1) is 10.6. The van der Waals surface area contributed by atoms with E-state index in [1.807, 2.05) is 25.1 Å². The largest absolute Gasteiger partial charge is 0.320 e. The number of aromatic nitrogens is 3. The Bertz CT molecular complexity index is 815. The van der Waals surface area contributed by atoms with Crippen molar-refractivity contribution in [3.8, 4) is 5.69 Å². The minimum Gasteiger partial charge on any atom is -0.320 e. The number of amides is 1. The fraction of sp³-hybridized carbons (Fsp3) is 0.0625. The van der Waals surface area contributed by atoms with E-state index in [4.69, 9.17) is 11.6 Å². The number of nitrogens with zero attached hydrogens (tertiary/aromatic N) is 3. The number of anilines is 1. The Morgan fingerprint density at radius 3 is 2.77 bits per heavy atom. The molecule has 1 aromatic heterocycles. The van der Waals surface area contributed by atoms with Gasteiger partial charge < -0.3 is 5.32 Å². The van der Waals surface area contributed by atoms with E-state index in [0.717, 1.165) is 5.56 Å². The maximum absolute atomic E-state index is 12.4. The van der Waals surface area contributed by atoms with Crippen molar-refractivity contribution in [3.63, 3.8) is 0 Å². The lowest BCUT2D eigenvalue weighted by Crippen LogP contribution is -2.14. The number of carbonyl (C=O) groups is 1. The zero-order valence-electron chi connectivity index (χ0n) is 11.8. The van der Waals surface area contributed by atoms with Gasteiger partial charge in [-0.15, -0.1) is 0 Å². The second-order valence-corrected chi connectivity index (χ2v) is 5.21. The van der Waals surface area contributed by atoms with E-state index in [1.54, 1.807) is 24.3 Å². The number of para-hydroxylation sites is 1. The Labute approximate surface area is 132 Å². The van der Waals surface area contributed by atoms with Gasteiger partial charge >= 0.3 is 0 Å². The van der Waals surface area contributed by atoms with E-state index in [9.17, 15) is 4.79 Å². The summed E-state index contributed by atoms with van der Waals surface area (Å²) in [7, 11) is 0. The van der Waals surface area contributed by atoms with Gasteiger partial charge in [-0.05, 0) is 31.2 Å². The summed E-state index contributed by atoms with van der Waals surface area (Å²) in [5, 5.41) is 7.42. The lowest BCUT2D eigenvalue weighted by molar-refractivity contribution is 0.102. The highest BCUT2D eigenvalue weighted by atomic mass is 35.5. The fourth-order valence-corrected chi connectivity index (χ4v) is 2.41. The van der Waals surface area contributed by atoms with E-state index in [2.05, 4.69) is 15.4 Å². The van der Waals surface area contributed by atoms with E-state index < -0.39 is 0 Å². The zero-order valence-corrected chi connectivity index (χ0v) is 12.6. The third kappa shape index (κ3) is 2.84. The molecule has 3 aromatic rings. The molecule has 0 unspecified atom stereocenters. The van der Waals surface area contributed by atoms with Crippen LogP contribution < -0.4 is 5.32 Å². The molecule has 0 saturated carbocycles. The number of carbonyl (C=O) groups excluding carboxylic acids is 1. The number of hydrogen-bond acceptors (Lipinski definition) is 3. The predicted molar refractivity (Wildman–Crippen MR) is 85.5 cm³/mol. The van der Waals surface area contributed by atoms with E-state index >= 15 is 0 Å². The van der Waals surface area contributed by atoms with Crippen LogP contribution in [0.4, 0.5) is 5.69 Å². The molecule has 0 saturated heterocycles. The third-order valence-corrected chi connectivity index (χ3v) is 3.47. The van der Waals surface area contributed by atoms with Crippen LogP contribution >= 0.6 is 11.6 Å². The van der Waals surface area contributed by atoms with Crippen LogP contribution in [-0.4, -0.2) is 20.7 Å². The Kier molecular flexibility index (Phi) is 3.89. The van der Waals surface area contributed by atoms with Crippen LogP contribution in [0.2, 0.25) is 5.02 Å². The van der Waals surface area contributed by atoms with Crippen molar-refractivity contribution >= 4 is 23.2 Å². The average Bonchev–Trinajstić information content (AvgIpc) is 3.01. The monoisotopic (exact) mass is 312 g/mol. The smallest absolute Gasteiger partial charge is 0.255 e. The summed E-state index contributed by atoms with van der Waals surface area (Å²) in [5.41, 5.74) is 2.77. The second-order valence-electron chi connectivity index (χ2n) is 4.80. The molecule has 110 valence electrons. The number of halogens is 1. The standard InChI is InChI=1S/C16H13ClN4O/c1-11-4-2-5-12(8-11)16(22)20-14-7-3-6-13(17)15(14)21-10-18-9-19-21/h2-10H,1H3,(H,20,22). The van der Waals surface area contributed by atoms with Gasteiger partial charge in [-0.2, -0.15) is 5.10 Å². The maximum Gasteiger partial charge on any atom is 0.255 e. The average molecular weight is 313 g/mol. The Morgan fingerprint density at radius 1 is 1.23 bits per heavy atom. The van der Waals surface area contributed by atoms with Crippen molar-refractivity contribution in [2.75, 3.05) is 5.32 Å². The molecular weight excluding hydrogens is 300 g/mol. The summed E-state index contributed by atoms with van der Waals surface area (Å²) < 4.78 is 1.52. The van der Waals surface area contributed by atoms with Crippen LogP contribution in [0.25, 0.3) is 5.69 Å². The lowest BCUT2D eigenvalue weighted by atomic mass is 10.1. The van der Waals surface area contributed by atoms with Crippen molar-refractivity contribution < 1.29 is 4.79 Å². The Hall–Kier alpha value is -2.66. The molecule has 0 bridgehead atoms. The lowest BCUT2D eigenvalue weighted by Gasteiger charge is -2.12. The Balaban J connectivity index is 1.96. The normalized spacial score (nSPS) is 10.5. The van der Waals surface area contributed by atoms with Gasteiger partial charge in [-0.1, -0.05) is 35.4 Å². The van der Waals surface area contributed by atoms with Gasteiger partial charge in [0.1, 0.15) is 18.3 Å². The van der Waals surface area contributed by atoms with Crippen molar-refractivity contribution in [1.29, 1.82) is 0 Å². The molecule has 22 heavy (non-hydrogen) atoms. The first kappa shape index (κ1) is 14.3. The molecule has 2 aromatic carbocycles. The molecule has 0 radical (unpaired) electrons. The SMILES string of the molecule is Cc1cccc(C(=O)Nc2cccc(Cl)c2-n2cncn2)c1. The molecule has 1 N–H and O–H groups in total. The van der Waals surface area contributed by atoms with Crippen LogP contribution in [0.15, 0.2) is 55.1 Å². The minimum atomic E-state index is -0.202. The van der Waals surface area contributed by atoms with Crippen molar-refractivity contribution in [3.05, 3.63) is 71.3 Å². The quantitative estimate of drug-likeness (QED) is 0.805. The van der Waals surface area contributed by atoms with E-state index in [1.165, 1.54) is 17.3 Å². The van der Waals surface area contributed by atoms with Gasteiger partial charge in [0.05, 0.1) is 10.7 Å². The number of nitrogens with one attached hydrogen (secondary N) is 1. The number of hydrogen-bond donors (Lipinski definition) is 1. The van der Waals surface area contributed by atoms with Gasteiger partial charge in [-0.3, -0.25) is 4.79 Å². The van der Waals surface area contributed by atoms with Crippen LogP contribution in [0.3, 0.4) is 0 Å². The summed E-state index contributed by atoms with van der Waals surface area (Å²) in [5.74, 6) is -0.202. The zero-order chi connectivity index (χ0) is 15.5. The number of aryl methyl sites for hydroxylation is 1. The molecule has 0 atom stereocenters. The summed E-state index contributed by atoms with van der Waals surface area (Å²) in [6.45, 7) is 1.94. The number of rotatable bonds is 3. The van der Waals surface area contributed by atoms with Crippen molar-refractivity contribution in [2.45, 2.75) is 6.92 Å². The highest BCUT2D eigenvalue weighted by molar-refractivity contribution is 6.33. The molecule has 3 rings (SSSR count). The molecular formula is C16H13ClN4O. The van der Waals surface area contributed by atoms with E-state index in [0.29, 0.717) is 22.0 Å². The molecule has 0 aliphatic heterocycles. The molecule has 0 fully saturated rings. The highest BCUT2D eigenvalue weighted by Gasteiger charge is 2.13. The van der Waals surface area contributed by atoms with E-state index in [-0.39, 0.29) is 5.91 Å². The summed E-state index contributed by atoms with van der Waals surface area (Å²) in [4.78, 5) is 16.3. The van der Waals surface area contributed by atoms with Crippen LogP contribution in [-0.2, 0) is 0 Å². The first-order valence-corrected chi connectivity index (χ1v) is 7.04. The van der Waals surface area contributed by atoms with Crippen LogP contribution in [0.1, 0.15) is 15.9 Å². The topological polar surface area (TPSA) is 59.8 Å². The molecule has 1 heterocycles. The van der Waals surface area contributed by atoms with Crippen molar-refractivity contribution in [1.82, 2.24) is 14.8 Å². The summed E-state index contributed by atoms with van der Waals surface area (Å²) >= 11 is 6.24.